The van der Waals surface area contributed by atoms with Crippen LogP contribution in [0.5, 0.6) is 11.5 Å². The SMILES string of the molecule is COc1ccc(C(=O)Oc2ccc(CS[P@@]3(=O)OC[C@H]4O[C@@H](n5cnc6c(N)ncnc65)[C@@H](F)C4O[P@](=O)(O)OC[C@H]4O[C@@H](n5ccc(=O)[nH]c5=O)C(F)[C@H]4O3)cc2)cc1. The van der Waals surface area contributed by atoms with E-state index in [1.165, 1.54) is 31.4 Å². The molecule has 2 unspecified atom stereocenters. The molecule has 3 saturated heterocycles. The van der Waals surface area contributed by atoms with Crippen molar-refractivity contribution in [3.05, 3.63) is 105 Å². The van der Waals surface area contributed by atoms with Crippen LogP contribution in [-0.2, 0) is 42.5 Å². The quantitative estimate of drug-likeness (QED) is 0.114. The summed E-state index contributed by atoms with van der Waals surface area (Å²) in [4.78, 5) is 61.8. The topological polar surface area (TPSA) is 270 Å². The molecule has 8 rings (SSSR count). The van der Waals surface area contributed by atoms with E-state index in [0.717, 1.165) is 29.5 Å². The molecule has 0 spiro atoms. The second kappa shape index (κ2) is 16.9. The maximum Gasteiger partial charge on any atom is 0.472 e. The number of hydrogen-bond donors (Lipinski definition) is 3. The summed E-state index contributed by atoms with van der Waals surface area (Å²) in [5.74, 6) is -0.0304. The van der Waals surface area contributed by atoms with E-state index in [4.69, 9.17) is 42.8 Å². The molecule has 26 heteroatoms. The van der Waals surface area contributed by atoms with Gasteiger partial charge in [-0.3, -0.25) is 37.0 Å². The first-order valence-corrected chi connectivity index (χ1v) is 22.4. The first kappa shape index (κ1) is 41.8. The molecule has 6 heterocycles. The highest BCUT2D eigenvalue weighted by Crippen LogP contribution is 2.65. The molecule has 3 aromatic heterocycles. The van der Waals surface area contributed by atoms with Crippen molar-refractivity contribution in [3.63, 3.8) is 0 Å². The number of hydrogen-bond acceptors (Lipinski definition) is 18. The number of anilines is 1. The molecule has 5 aromatic rings. The smallest absolute Gasteiger partial charge is 0.472 e. The van der Waals surface area contributed by atoms with E-state index in [1.54, 1.807) is 24.3 Å². The Labute approximate surface area is 339 Å². The molecule has 3 aliphatic rings. The molecule has 10 atom stereocenters. The highest BCUT2D eigenvalue weighted by atomic mass is 32.7. The molecular weight excluding hydrogens is 862 g/mol. The van der Waals surface area contributed by atoms with E-state index < -0.39 is 94.3 Å². The van der Waals surface area contributed by atoms with Crippen LogP contribution in [0.15, 0.2) is 83.0 Å². The molecule has 0 radical (unpaired) electrons. The number of phosphoric ester groups is 1. The number of halogens is 2. The Balaban J connectivity index is 1.06. The monoisotopic (exact) mass is 895 g/mol. The van der Waals surface area contributed by atoms with Gasteiger partial charge in [0.05, 0.1) is 32.2 Å². The standard InChI is InChI=1S/C34H33F2N7O14P2S/c1-50-19-8-4-18(5-9-19)33(45)53-20-6-2-17(3-7-20)14-60-59(49)52-13-22-27(24(35)32(55-22)43-16-40-26-29(37)38-15-39-30(26)43)56-58(47,48)51-12-21-28(57-59)25(36)31(54-21)42-11-10-23(44)41-34(42)46/h2-11,15-16,21-22,24-25,27-28,31-32H,12-14H2,1H3,(H,47,48)(H2,37,38,39)(H,41,44,46)/t21-,22-,24+,25?,27?,28+,31-,32-,59+/m1/s1. The van der Waals surface area contributed by atoms with Gasteiger partial charge in [-0.2, -0.15) is 0 Å². The summed E-state index contributed by atoms with van der Waals surface area (Å²) in [7, 11) is -3.74. The number of H-pyrrole nitrogens is 1. The first-order valence-electron chi connectivity index (χ1n) is 17.7. The van der Waals surface area contributed by atoms with Gasteiger partial charge < -0.3 is 29.6 Å². The number of esters is 1. The molecule has 4 N–H and O–H groups in total. The number of rotatable bonds is 8. The van der Waals surface area contributed by atoms with E-state index in [1.807, 2.05) is 4.98 Å². The minimum atomic E-state index is -5.23. The number of carbonyl (C=O) groups excluding carboxylic acids is 1. The molecule has 3 fully saturated rings. The molecule has 60 heavy (non-hydrogen) atoms. The van der Waals surface area contributed by atoms with Crippen molar-refractivity contribution >= 4 is 49.0 Å². The second-order valence-corrected chi connectivity index (χ2v) is 18.7. The number of methoxy groups -OCH3 is 1. The van der Waals surface area contributed by atoms with Crippen molar-refractivity contribution in [1.29, 1.82) is 0 Å². The number of nitrogen functional groups attached to an aromatic ring is 1. The van der Waals surface area contributed by atoms with Gasteiger partial charge in [-0.25, -0.2) is 42.5 Å². The van der Waals surface area contributed by atoms with Crippen molar-refractivity contribution in [3.8, 4) is 11.5 Å². The Morgan fingerprint density at radius 3 is 2.25 bits per heavy atom. The zero-order valence-electron chi connectivity index (χ0n) is 30.8. The van der Waals surface area contributed by atoms with Crippen LogP contribution in [0.25, 0.3) is 11.2 Å². The third-order valence-corrected chi connectivity index (χ3v) is 14.1. The highest BCUT2D eigenvalue weighted by molar-refractivity contribution is 8.54. The van der Waals surface area contributed by atoms with Crippen LogP contribution in [0.4, 0.5) is 14.6 Å². The average Bonchev–Trinajstić information content (AvgIpc) is 3.89. The van der Waals surface area contributed by atoms with Crippen LogP contribution < -0.4 is 26.5 Å². The van der Waals surface area contributed by atoms with Crippen molar-refractivity contribution in [2.75, 3.05) is 26.1 Å². The molecule has 21 nitrogen and oxygen atoms in total. The number of imidazole rings is 1. The summed E-state index contributed by atoms with van der Waals surface area (Å²) >= 11 is 0.586. The van der Waals surface area contributed by atoms with Crippen LogP contribution in [0.2, 0.25) is 0 Å². The van der Waals surface area contributed by atoms with E-state index in [-0.39, 0.29) is 34.0 Å². The van der Waals surface area contributed by atoms with Gasteiger partial charge in [-0.05, 0) is 53.3 Å². The lowest BCUT2D eigenvalue weighted by Crippen LogP contribution is -2.38. The van der Waals surface area contributed by atoms with Gasteiger partial charge in [-0.1, -0.05) is 12.1 Å². The van der Waals surface area contributed by atoms with E-state index in [0.29, 0.717) is 27.3 Å². The minimum Gasteiger partial charge on any atom is -0.497 e. The molecule has 2 aromatic carbocycles. The molecular formula is C34H33F2N7O14P2S. The lowest BCUT2D eigenvalue weighted by Gasteiger charge is -2.29. The number of ether oxygens (including phenoxy) is 4. The molecule has 0 saturated carbocycles. The number of aromatic nitrogens is 6. The third-order valence-electron chi connectivity index (χ3n) is 9.47. The number of nitrogens with one attached hydrogen (secondary N) is 1. The molecule has 0 aliphatic carbocycles. The van der Waals surface area contributed by atoms with Gasteiger partial charge in [0, 0.05) is 18.0 Å². The average molecular weight is 896 g/mol. The normalized spacial score (nSPS) is 30.8. The Bertz CT molecular complexity index is 2600. The van der Waals surface area contributed by atoms with Crippen molar-refractivity contribution in [2.45, 2.75) is 55.0 Å². The number of phosphoric acid groups is 1. The summed E-state index contributed by atoms with van der Waals surface area (Å²) in [6.45, 7) is -6.40. The molecule has 318 valence electrons. The lowest BCUT2D eigenvalue weighted by atomic mass is 10.1. The summed E-state index contributed by atoms with van der Waals surface area (Å²) in [6, 6.07) is 13.3. The van der Waals surface area contributed by atoms with Gasteiger partial charge >= 0.3 is 26.3 Å². The van der Waals surface area contributed by atoms with Crippen LogP contribution in [0, 0.1) is 0 Å². The van der Waals surface area contributed by atoms with E-state index in [2.05, 4.69) is 15.0 Å². The van der Waals surface area contributed by atoms with Crippen molar-refractivity contribution in [2.24, 2.45) is 0 Å². The Hall–Kier alpha value is -4.87. The number of nitrogens with two attached hydrogens (primary N) is 1. The second-order valence-electron chi connectivity index (χ2n) is 13.3. The summed E-state index contributed by atoms with van der Waals surface area (Å²) in [6.07, 6.45) is -11.8. The number of nitrogens with zero attached hydrogens (tertiary/aromatic N) is 5. The van der Waals surface area contributed by atoms with Crippen LogP contribution in [0.3, 0.4) is 0 Å². The van der Waals surface area contributed by atoms with Gasteiger partial charge in [0.15, 0.2) is 36.3 Å². The number of alkyl halides is 2. The van der Waals surface area contributed by atoms with Crippen molar-refractivity contribution < 1.29 is 64.6 Å². The van der Waals surface area contributed by atoms with Gasteiger partial charge in [-0.15, -0.1) is 0 Å². The highest BCUT2D eigenvalue weighted by Gasteiger charge is 2.55. The maximum absolute atomic E-state index is 16.4. The summed E-state index contributed by atoms with van der Waals surface area (Å²) in [5.41, 5.74) is 4.98. The fourth-order valence-electron chi connectivity index (χ4n) is 6.50. The van der Waals surface area contributed by atoms with Gasteiger partial charge in [0.25, 0.3) is 5.56 Å². The number of aromatic amines is 1. The van der Waals surface area contributed by atoms with Crippen molar-refractivity contribution in [1.82, 2.24) is 29.1 Å². The number of fused-ring (bicyclic) bond motifs is 3. The predicted molar refractivity (Wildman–Crippen MR) is 203 cm³/mol. The largest absolute Gasteiger partial charge is 0.497 e. The Morgan fingerprint density at radius 2 is 1.57 bits per heavy atom. The van der Waals surface area contributed by atoms with E-state index >= 15 is 8.78 Å². The summed E-state index contributed by atoms with van der Waals surface area (Å²) in [5, 5.41) is 0. The predicted octanol–water partition coefficient (Wildman–Crippen LogP) is 3.62. The number of carbonyl (C=O) groups is 1. The molecule has 3 aliphatic heterocycles. The third kappa shape index (κ3) is 8.66. The van der Waals surface area contributed by atoms with Crippen LogP contribution in [-0.4, -0.2) is 97.0 Å². The van der Waals surface area contributed by atoms with Gasteiger partial charge in [0.2, 0.25) is 0 Å². The zero-order chi connectivity index (χ0) is 42.3. The fourth-order valence-corrected chi connectivity index (χ4v) is 10.8. The molecule has 0 bridgehead atoms. The van der Waals surface area contributed by atoms with Crippen LogP contribution in [0.1, 0.15) is 28.4 Å². The minimum absolute atomic E-state index is 0.0163. The Morgan fingerprint density at radius 1 is 0.917 bits per heavy atom. The summed E-state index contributed by atoms with van der Waals surface area (Å²) < 4.78 is 107. The number of benzene rings is 2. The van der Waals surface area contributed by atoms with E-state index in [9.17, 15) is 28.4 Å². The first-order chi connectivity index (χ1) is 28.7. The fraction of sp³-hybridized carbons (Fsp3) is 0.353. The zero-order valence-corrected chi connectivity index (χ0v) is 33.4. The lowest BCUT2D eigenvalue weighted by molar-refractivity contribution is -0.0619. The van der Waals surface area contributed by atoms with Gasteiger partial charge in [0.1, 0.15) is 47.8 Å². The Kier molecular flexibility index (Phi) is 11.8. The maximum atomic E-state index is 16.4. The molecule has 0 amide bonds. The van der Waals surface area contributed by atoms with Crippen LogP contribution >= 0.6 is 26.0 Å².